The average Bonchev–Trinajstić information content (AvgIpc) is 2.64. The summed E-state index contributed by atoms with van der Waals surface area (Å²) in [7, 11) is 0. The predicted octanol–water partition coefficient (Wildman–Crippen LogP) is 3.20. The third-order valence-electron chi connectivity index (χ3n) is 5.72. The highest BCUT2D eigenvalue weighted by molar-refractivity contribution is 5.74. The van der Waals surface area contributed by atoms with Crippen molar-refractivity contribution in [2.24, 2.45) is 11.8 Å². The summed E-state index contributed by atoms with van der Waals surface area (Å²) in [5, 5.41) is 12.5. The number of amides is 2. The van der Waals surface area contributed by atoms with Gasteiger partial charge in [-0.05, 0) is 49.5 Å². The van der Waals surface area contributed by atoms with Gasteiger partial charge >= 0.3 is 6.03 Å². The Hall–Kier alpha value is -1.55. The Morgan fingerprint density at radius 1 is 1.08 bits per heavy atom. The molecule has 1 aliphatic carbocycles. The highest BCUT2D eigenvalue weighted by Gasteiger charge is 2.29. The number of hydrogen-bond donors (Lipinski definition) is 2. The van der Waals surface area contributed by atoms with E-state index in [4.69, 9.17) is 0 Å². The van der Waals surface area contributed by atoms with Crippen LogP contribution in [0.1, 0.15) is 44.1 Å². The topological polar surface area (TPSA) is 52.6 Å². The van der Waals surface area contributed by atoms with Gasteiger partial charge in [0.2, 0.25) is 0 Å². The Morgan fingerprint density at radius 3 is 2.50 bits per heavy atom. The first-order valence-electron chi connectivity index (χ1n) is 9.46. The van der Waals surface area contributed by atoms with Gasteiger partial charge in [-0.3, -0.25) is 0 Å². The molecule has 4 heteroatoms. The Balaban J connectivity index is 1.54. The molecule has 1 saturated heterocycles. The molecule has 1 aromatic carbocycles. The smallest absolute Gasteiger partial charge is 0.317 e. The number of nitrogens with zero attached hydrogens (tertiary/aromatic N) is 1. The maximum atomic E-state index is 12.6. The zero-order chi connectivity index (χ0) is 16.8. The van der Waals surface area contributed by atoms with Gasteiger partial charge in [-0.25, -0.2) is 4.79 Å². The first-order chi connectivity index (χ1) is 11.8. The van der Waals surface area contributed by atoms with Crippen molar-refractivity contribution in [2.45, 2.75) is 51.0 Å². The zero-order valence-corrected chi connectivity index (χ0v) is 14.5. The summed E-state index contributed by atoms with van der Waals surface area (Å²) in [5.74, 6) is 0.912. The Bertz CT molecular complexity index is 512. The van der Waals surface area contributed by atoms with Crippen LogP contribution in [0, 0.1) is 11.8 Å². The maximum absolute atomic E-state index is 12.6. The number of nitrogens with one attached hydrogen (secondary N) is 1. The number of benzene rings is 1. The van der Waals surface area contributed by atoms with E-state index in [9.17, 15) is 9.90 Å². The largest absolute Gasteiger partial charge is 0.396 e. The van der Waals surface area contributed by atoms with Crippen LogP contribution < -0.4 is 5.32 Å². The first-order valence-corrected chi connectivity index (χ1v) is 9.46. The second-order valence-electron chi connectivity index (χ2n) is 7.40. The SMILES string of the molecule is O=C(NC1CCCCC1Cc1ccccc1)N1CCC(CO)CC1. The van der Waals surface area contributed by atoms with E-state index in [-0.39, 0.29) is 12.6 Å². The lowest BCUT2D eigenvalue weighted by molar-refractivity contribution is 0.131. The van der Waals surface area contributed by atoms with Gasteiger partial charge in [0, 0.05) is 25.7 Å². The number of aliphatic hydroxyl groups is 1. The number of piperidine rings is 1. The number of aliphatic hydroxyl groups excluding tert-OH is 1. The molecule has 0 spiro atoms. The Kier molecular flexibility index (Phi) is 6.13. The molecule has 2 N–H and O–H groups in total. The Morgan fingerprint density at radius 2 is 1.79 bits per heavy atom. The predicted molar refractivity (Wildman–Crippen MR) is 95.8 cm³/mol. The van der Waals surface area contributed by atoms with Crippen LogP contribution in [0.15, 0.2) is 30.3 Å². The molecule has 132 valence electrons. The van der Waals surface area contributed by atoms with Gasteiger partial charge in [-0.2, -0.15) is 0 Å². The molecule has 0 aromatic heterocycles. The van der Waals surface area contributed by atoms with Crippen molar-refractivity contribution in [3.05, 3.63) is 35.9 Å². The van der Waals surface area contributed by atoms with Crippen molar-refractivity contribution >= 4 is 6.03 Å². The van der Waals surface area contributed by atoms with Gasteiger partial charge < -0.3 is 15.3 Å². The minimum atomic E-state index is 0.0938. The molecule has 1 saturated carbocycles. The molecule has 1 aliphatic heterocycles. The monoisotopic (exact) mass is 330 g/mol. The van der Waals surface area contributed by atoms with Gasteiger partial charge in [0.1, 0.15) is 0 Å². The molecule has 24 heavy (non-hydrogen) atoms. The van der Waals surface area contributed by atoms with E-state index in [0.717, 1.165) is 38.8 Å². The van der Waals surface area contributed by atoms with Crippen molar-refractivity contribution in [1.82, 2.24) is 10.2 Å². The van der Waals surface area contributed by atoms with E-state index in [0.29, 0.717) is 17.9 Å². The van der Waals surface area contributed by atoms with Gasteiger partial charge in [-0.15, -0.1) is 0 Å². The van der Waals surface area contributed by atoms with Gasteiger partial charge in [0.05, 0.1) is 0 Å². The molecule has 2 unspecified atom stereocenters. The molecular formula is C20H30N2O2. The highest BCUT2D eigenvalue weighted by atomic mass is 16.3. The average molecular weight is 330 g/mol. The number of carbonyl (C=O) groups excluding carboxylic acids is 1. The molecule has 0 bridgehead atoms. The third kappa shape index (κ3) is 4.50. The summed E-state index contributed by atoms with van der Waals surface area (Å²) in [6, 6.07) is 11.0. The second-order valence-corrected chi connectivity index (χ2v) is 7.40. The van der Waals surface area contributed by atoms with Crippen LogP contribution >= 0.6 is 0 Å². The number of hydrogen-bond acceptors (Lipinski definition) is 2. The highest BCUT2D eigenvalue weighted by Crippen LogP contribution is 2.28. The van der Waals surface area contributed by atoms with Crippen molar-refractivity contribution in [3.63, 3.8) is 0 Å². The third-order valence-corrected chi connectivity index (χ3v) is 5.72. The quantitative estimate of drug-likeness (QED) is 0.891. The van der Waals surface area contributed by atoms with Crippen LogP contribution in [0.25, 0.3) is 0 Å². The number of rotatable bonds is 4. The molecule has 0 radical (unpaired) electrons. The normalized spacial score (nSPS) is 25.5. The first kappa shape index (κ1) is 17.3. The lowest BCUT2D eigenvalue weighted by Crippen LogP contribution is -2.51. The van der Waals surface area contributed by atoms with Crippen LogP contribution in [-0.2, 0) is 6.42 Å². The number of carbonyl (C=O) groups is 1. The standard InChI is InChI=1S/C20H30N2O2/c23-15-17-10-12-22(13-11-17)20(24)21-19-9-5-4-8-18(19)14-16-6-2-1-3-7-16/h1-3,6-7,17-19,23H,4-5,8-15H2,(H,21,24). The summed E-state index contributed by atoms with van der Waals surface area (Å²) in [5.41, 5.74) is 1.37. The summed E-state index contributed by atoms with van der Waals surface area (Å²) in [6.07, 6.45) is 7.67. The van der Waals surface area contributed by atoms with E-state index in [1.165, 1.54) is 24.8 Å². The summed E-state index contributed by atoms with van der Waals surface area (Å²) in [6.45, 7) is 1.79. The van der Waals surface area contributed by atoms with E-state index >= 15 is 0 Å². The van der Waals surface area contributed by atoms with E-state index in [1.54, 1.807) is 0 Å². The van der Waals surface area contributed by atoms with Crippen molar-refractivity contribution < 1.29 is 9.90 Å². The fourth-order valence-electron chi connectivity index (χ4n) is 4.13. The lowest BCUT2D eigenvalue weighted by atomic mass is 9.80. The van der Waals surface area contributed by atoms with E-state index in [2.05, 4.69) is 35.6 Å². The van der Waals surface area contributed by atoms with Crippen LogP contribution in [0.4, 0.5) is 4.79 Å². The van der Waals surface area contributed by atoms with Crippen molar-refractivity contribution in [2.75, 3.05) is 19.7 Å². The molecule has 2 aliphatic rings. The fraction of sp³-hybridized carbons (Fsp3) is 0.650. The van der Waals surface area contributed by atoms with Crippen LogP contribution in [-0.4, -0.2) is 41.8 Å². The van der Waals surface area contributed by atoms with Crippen LogP contribution in [0.2, 0.25) is 0 Å². The van der Waals surface area contributed by atoms with Crippen LogP contribution in [0.3, 0.4) is 0 Å². The molecule has 2 fully saturated rings. The molecule has 1 heterocycles. The van der Waals surface area contributed by atoms with E-state index < -0.39 is 0 Å². The second kappa shape index (κ2) is 8.52. The van der Waals surface area contributed by atoms with Crippen LogP contribution in [0.5, 0.6) is 0 Å². The summed E-state index contributed by atoms with van der Waals surface area (Å²) in [4.78, 5) is 14.5. The molecular weight excluding hydrogens is 300 g/mol. The minimum absolute atomic E-state index is 0.0938. The van der Waals surface area contributed by atoms with E-state index in [1.807, 2.05) is 4.90 Å². The maximum Gasteiger partial charge on any atom is 0.317 e. The van der Waals surface area contributed by atoms with Gasteiger partial charge in [-0.1, -0.05) is 43.2 Å². The molecule has 2 amide bonds. The number of likely N-dealkylation sites (tertiary alicyclic amines) is 1. The molecule has 2 atom stereocenters. The molecule has 1 aromatic rings. The summed E-state index contributed by atoms with van der Waals surface area (Å²) < 4.78 is 0. The van der Waals surface area contributed by atoms with Gasteiger partial charge in [0.15, 0.2) is 0 Å². The lowest BCUT2D eigenvalue weighted by Gasteiger charge is -2.36. The van der Waals surface area contributed by atoms with Crippen molar-refractivity contribution in [1.29, 1.82) is 0 Å². The summed E-state index contributed by atoms with van der Waals surface area (Å²) >= 11 is 0. The number of urea groups is 1. The molecule has 3 rings (SSSR count). The minimum Gasteiger partial charge on any atom is -0.396 e. The zero-order valence-electron chi connectivity index (χ0n) is 14.5. The molecule has 4 nitrogen and oxygen atoms in total. The van der Waals surface area contributed by atoms with Crippen molar-refractivity contribution in [3.8, 4) is 0 Å². The fourth-order valence-corrected chi connectivity index (χ4v) is 4.13. The van der Waals surface area contributed by atoms with Gasteiger partial charge in [0.25, 0.3) is 0 Å². The Labute approximate surface area is 145 Å².